The van der Waals surface area contributed by atoms with E-state index in [1.54, 1.807) is 12.1 Å². The third-order valence-electron chi connectivity index (χ3n) is 5.21. The first-order chi connectivity index (χ1) is 15.5. The summed E-state index contributed by atoms with van der Waals surface area (Å²) in [5.41, 5.74) is 3.42. The van der Waals surface area contributed by atoms with Gasteiger partial charge in [0.15, 0.2) is 5.78 Å². The molecule has 0 fully saturated rings. The van der Waals surface area contributed by atoms with Crippen molar-refractivity contribution in [1.29, 1.82) is 0 Å². The Kier molecular flexibility index (Phi) is 6.61. The Morgan fingerprint density at radius 1 is 1.03 bits per heavy atom. The number of hydrogen-bond acceptors (Lipinski definition) is 5. The number of ketones is 1. The van der Waals surface area contributed by atoms with E-state index in [1.807, 2.05) is 49.4 Å². The standard InChI is InChI=1S/C26H23FO5/c1-17-7-9-18(10-8-17)23(28)11-12-24(29)30-15-20-13-22(27)14-21-16-31-26(32-25(20)21)19-5-3-2-4-6-19/h2-10,13-14,26H,11-12,15-16H2,1H3. The number of Topliss-reactive ketones (excluding diaryl/α,β-unsaturated/α-hetero) is 1. The second kappa shape index (κ2) is 9.75. The number of fused-ring (bicyclic) bond motifs is 1. The first-order valence-electron chi connectivity index (χ1n) is 10.4. The van der Waals surface area contributed by atoms with Gasteiger partial charge in [-0.2, -0.15) is 0 Å². The molecule has 0 saturated carbocycles. The van der Waals surface area contributed by atoms with Gasteiger partial charge in [0.25, 0.3) is 0 Å². The third-order valence-corrected chi connectivity index (χ3v) is 5.21. The van der Waals surface area contributed by atoms with Crippen molar-refractivity contribution in [2.24, 2.45) is 0 Å². The molecule has 0 bridgehead atoms. The maximum absolute atomic E-state index is 14.1. The molecule has 3 aromatic rings. The van der Waals surface area contributed by atoms with Crippen LogP contribution >= 0.6 is 0 Å². The van der Waals surface area contributed by atoms with Crippen molar-refractivity contribution in [3.8, 4) is 5.75 Å². The van der Waals surface area contributed by atoms with Gasteiger partial charge in [0.2, 0.25) is 6.29 Å². The molecule has 4 rings (SSSR count). The van der Waals surface area contributed by atoms with E-state index in [1.165, 1.54) is 12.1 Å². The summed E-state index contributed by atoms with van der Waals surface area (Å²) in [7, 11) is 0. The van der Waals surface area contributed by atoms with Crippen molar-refractivity contribution in [1.82, 2.24) is 0 Å². The average Bonchev–Trinajstić information content (AvgIpc) is 2.81. The first-order valence-corrected chi connectivity index (χ1v) is 10.4. The van der Waals surface area contributed by atoms with Crippen molar-refractivity contribution in [2.45, 2.75) is 39.3 Å². The van der Waals surface area contributed by atoms with E-state index in [4.69, 9.17) is 14.2 Å². The second-order valence-corrected chi connectivity index (χ2v) is 7.67. The lowest BCUT2D eigenvalue weighted by atomic mass is 10.1. The quantitative estimate of drug-likeness (QED) is 0.366. The molecule has 0 aromatic heterocycles. The summed E-state index contributed by atoms with van der Waals surface area (Å²) in [6, 6.07) is 19.2. The minimum Gasteiger partial charge on any atom is -0.461 e. The molecule has 32 heavy (non-hydrogen) atoms. The van der Waals surface area contributed by atoms with Crippen molar-refractivity contribution in [2.75, 3.05) is 0 Å². The monoisotopic (exact) mass is 434 g/mol. The SMILES string of the molecule is Cc1ccc(C(=O)CCC(=O)OCc2cc(F)cc3c2OC(c2ccccc2)OC3)cc1. The average molecular weight is 434 g/mol. The molecule has 1 heterocycles. The Morgan fingerprint density at radius 3 is 2.53 bits per heavy atom. The molecule has 0 N–H and O–H groups in total. The Labute approximate surface area is 185 Å². The fourth-order valence-corrected chi connectivity index (χ4v) is 3.49. The number of aryl methyl sites for hydroxylation is 1. The third kappa shape index (κ3) is 5.21. The van der Waals surface area contributed by atoms with Crippen LogP contribution in [-0.2, 0) is 27.5 Å². The van der Waals surface area contributed by atoms with Gasteiger partial charge in [0, 0.05) is 28.7 Å². The molecule has 5 nitrogen and oxygen atoms in total. The molecule has 164 valence electrons. The Morgan fingerprint density at radius 2 is 1.78 bits per heavy atom. The number of halogens is 1. The van der Waals surface area contributed by atoms with E-state index < -0.39 is 18.1 Å². The maximum atomic E-state index is 14.1. The van der Waals surface area contributed by atoms with Crippen molar-refractivity contribution in [3.63, 3.8) is 0 Å². The topological polar surface area (TPSA) is 61.8 Å². The zero-order valence-electron chi connectivity index (χ0n) is 17.7. The van der Waals surface area contributed by atoms with Crippen molar-refractivity contribution < 1.29 is 28.2 Å². The van der Waals surface area contributed by atoms with E-state index in [0.717, 1.165) is 11.1 Å². The van der Waals surface area contributed by atoms with E-state index >= 15 is 0 Å². The van der Waals surface area contributed by atoms with Crippen LogP contribution < -0.4 is 4.74 Å². The van der Waals surface area contributed by atoms with Gasteiger partial charge in [-0.1, -0.05) is 60.2 Å². The molecule has 1 atom stereocenters. The van der Waals surface area contributed by atoms with Crippen LogP contribution in [0.25, 0.3) is 0 Å². The number of hydrogen-bond donors (Lipinski definition) is 0. The largest absolute Gasteiger partial charge is 0.461 e. The van der Waals surface area contributed by atoms with Crippen LogP contribution in [0, 0.1) is 12.7 Å². The summed E-state index contributed by atoms with van der Waals surface area (Å²) in [4.78, 5) is 24.5. The molecule has 0 saturated heterocycles. The van der Waals surface area contributed by atoms with Gasteiger partial charge in [-0.25, -0.2) is 4.39 Å². The number of esters is 1. The Hall–Kier alpha value is -3.51. The number of rotatable bonds is 7. The molecule has 1 unspecified atom stereocenters. The number of carbonyl (C=O) groups is 2. The minimum absolute atomic E-state index is 0.0452. The van der Waals surface area contributed by atoms with Gasteiger partial charge in [0.1, 0.15) is 18.2 Å². The zero-order valence-corrected chi connectivity index (χ0v) is 17.7. The lowest BCUT2D eigenvalue weighted by molar-refractivity contribution is -0.145. The molecular formula is C26H23FO5. The summed E-state index contributed by atoms with van der Waals surface area (Å²) in [6.07, 6.45) is -0.638. The lowest BCUT2D eigenvalue weighted by Crippen LogP contribution is -2.20. The number of benzene rings is 3. The molecule has 1 aliphatic heterocycles. The lowest BCUT2D eigenvalue weighted by Gasteiger charge is -2.28. The van der Waals surface area contributed by atoms with Crippen LogP contribution in [0.5, 0.6) is 5.75 Å². The van der Waals surface area contributed by atoms with Gasteiger partial charge >= 0.3 is 5.97 Å². The highest BCUT2D eigenvalue weighted by molar-refractivity contribution is 5.97. The van der Waals surface area contributed by atoms with Gasteiger partial charge in [0.05, 0.1) is 13.0 Å². The minimum atomic E-state index is -0.629. The highest BCUT2D eigenvalue weighted by Gasteiger charge is 2.25. The van der Waals surface area contributed by atoms with Crippen LogP contribution in [0.1, 0.15) is 51.7 Å². The van der Waals surface area contributed by atoms with E-state index in [-0.39, 0.29) is 31.8 Å². The number of ether oxygens (including phenoxy) is 3. The highest BCUT2D eigenvalue weighted by Crippen LogP contribution is 2.36. The first kappa shape index (κ1) is 21.7. The Bertz CT molecular complexity index is 1110. The predicted molar refractivity (Wildman–Crippen MR) is 116 cm³/mol. The van der Waals surface area contributed by atoms with Crippen molar-refractivity contribution in [3.05, 3.63) is 100 Å². The maximum Gasteiger partial charge on any atom is 0.306 e. The Balaban J connectivity index is 1.38. The molecule has 1 aliphatic rings. The normalized spacial score (nSPS) is 14.9. The molecule has 0 radical (unpaired) electrons. The predicted octanol–water partition coefficient (Wildman–Crippen LogP) is 5.45. The van der Waals surface area contributed by atoms with Gasteiger partial charge < -0.3 is 14.2 Å². The van der Waals surface area contributed by atoms with Crippen LogP contribution in [0.3, 0.4) is 0 Å². The zero-order chi connectivity index (χ0) is 22.5. The van der Waals surface area contributed by atoms with Crippen molar-refractivity contribution >= 4 is 11.8 Å². The summed E-state index contributed by atoms with van der Waals surface area (Å²) < 4.78 is 31.1. The van der Waals surface area contributed by atoms with Gasteiger partial charge in [-0.05, 0) is 19.1 Å². The smallest absolute Gasteiger partial charge is 0.306 e. The van der Waals surface area contributed by atoms with Crippen LogP contribution in [0.2, 0.25) is 0 Å². The van der Waals surface area contributed by atoms with E-state index in [2.05, 4.69) is 0 Å². The fourth-order valence-electron chi connectivity index (χ4n) is 3.49. The summed E-state index contributed by atoms with van der Waals surface area (Å²) in [6.45, 7) is 1.96. The molecule has 0 aliphatic carbocycles. The molecule has 0 amide bonds. The van der Waals surface area contributed by atoms with Crippen LogP contribution in [0.4, 0.5) is 4.39 Å². The van der Waals surface area contributed by atoms with Crippen LogP contribution in [0.15, 0.2) is 66.7 Å². The molecule has 3 aromatic carbocycles. The summed E-state index contributed by atoms with van der Waals surface area (Å²) in [5.74, 6) is -0.670. The summed E-state index contributed by atoms with van der Waals surface area (Å²) >= 11 is 0. The summed E-state index contributed by atoms with van der Waals surface area (Å²) in [5, 5.41) is 0. The molecular weight excluding hydrogens is 411 g/mol. The second-order valence-electron chi connectivity index (χ2n) is 7.67. The van der Waals surface area contributed by atoms with Gasteiger partial charge in [-0.3, -0.25) is 9.59 Å². The van der Waals surface area contributed by atoms with Gasteiger partial charge in [-0.15, -0.1) is 0 Å². The molecule has 0 spiro atoms. The fraction of sp³-hybridized carbons (Fsp3) is 0.231. The molecule has 6 heteroatoms. The number of carbonyl (C=O) groups excluding carboxylic acids is 2. The van der Waals surface area contributed by atoms with E-state index in [0.29, 0.717) is 22.4 Å². The van der Waals surface area contributed by atoms with Crippen LogP contribution in [-0.4, -0.2) is 11.8 Å². The van der Waals surface area contributed by atoms with E-state index in [9.17, 15) is 14.0 Å². The highest BCUT2D eigenvalue weighted by atomic mass is 19.1.